The van der Waals surface area contributed by atoms with Crippen LogP contribution in [0.15, 0.2) is 79.3 Å². The molecule has 2 N–H and O–H groups in total. The van der Waals surface area contributed by atoms with Crippen molar-refractivity contribution in [2.75, 3.05) is 23.3 Å². The number of aromatic nitrogens is 3. The van der Waals surface area contributed by atoms with Crippen molar-refractivity contribution in [3.63, 3.8) is 0 Å². The van der Waals surface area contributed by atoms with Gasteiger partial charge in [0.1, 0.15) is 9.71 Å². The molecule has 0 saturated heterocycles. The van der Waals surface area contributed by atoms with Gasteiger partial charge in [-0.2, -0.15) is 10.2 Å². The molecule has 1 aromatic carbocycles. The fourth-order valence-electron chi connectivity index (χ4n) is 4.58. The van der Waals surface area contributed by atoms with E-state index in [1.165, 1.54) is 28.5 Å². The smallest absolute Gasteiger partial charge is 0.331 e. The molecule has 2 aliphatic rings. The zero-order valence-corrected chi connectivity index (χ0v) is 20.9. The highest BCUT2D eigenvalue weighted by atomic mass is 32.1. The summed E-state index contributed by atoms with van der Waals surface area (Å²) >= 11 is 1.19. The lowest BCUT2D eigenvalue weighted by Crippen LogP contribution is -2.39. The molecule has 0 saturated carbocycles. The van der Waals surface area contributed by atoms with Crippen molar-refractivity contribution in [1.82, 2.24) is 25.4 Å². The van der Waals surface area contributed by atoms with Gasteiger partial charge in [-0.3, -0.25) is 14.5 Å². The zero-order valence-electron chi connectivity index (χ0n) is 20.0. The monoisotopic (exact) mass is 523 g/mol. The first-order valence-corrected chi connectivity index (χ1v) is 12.7. The molecule has 0 aliphatic carbocycles. The summed E-state index contributed by atoms with van der Waals surface area (Å²) in [5, 5.41) is 14.8. The van der Waals surface area contributed by atoms with Gasteiger partial charge in [0.25, 0.3) is 5.91 Å². The van der Waals surface area contributed by atoms with E-state index in [2.05, 4.69) is 32.4 Å². The number of urea groups is 1. The van der Waals surface area contributed by atoms with Crippen LogP contribution < -0.4 is 15.5 Å². The van der Waals surface area contributed by atoms with E-state index >= 15 is 0 Å². The van der Waals surface area contributed by atoms with Crippen molar-refractivity contribution >= 4 is 56.5 Å². The maximum Gasteiger partial charge on any atom is 0.331 e. The van der Waals surface area contributed by atoms with E-state index in [1.807, 2.05) is 36.4 Å². The fourth-order valence-corrected chi connectivity index (χ4v) is 5.60. The number of nitrogens with zero attached hydrogens (tertiary/aromatic N) is 5. The van der Waals surface area contributed by atoms with Gasteiger partial charge in [0.05, 0.1) is 40.9 Å². The molecule has 0 atom stereocenters. The molecule has 6 rings (SSSR count). The number of hydrogen-bond acceptors (Lipinski definition) is 7. The summed E-state index contributed by atoms with van der Waals surface area (Å²) in [4.78, 5) is 47.3. The van der Waals surface area contributed by atoms with Crippen molar-refractivity contribution in [1.29, 1.82) is 0 Å². The third-order valence-corrected chi connectivity index (χ3v) is 7.43. The molecule has 0 fully saturated rings. The largest absolute Gasteiger partial charge is 0.333 e. The number of hydrogen-bond donors (Lipinski definition) is 2. The summed E-state index contributed by atoms with van der Waals surface area (Å²) in [6.45, 7) is 4.37. The van der Waals surface area contributed by atoms with Gasteiger partial charge in [0.15, 0.2) is 0 Å². The van der Waals surface area contributed by atoms with Crippen LogP contribution in [0.25, 0.3) is 21.5 Å². The minimum Gasteiger partial charge on any atom is -0.333 e. The van der Waals surface area contributed by atoms with Crippen LogP contribution in [0.3, 0.4) is 0 Å². The number of carbonyl (C=O) groups is 3. The van der Waals surface area contributed by atoms with Crippen molar-refractivity contribution in [2.24, 2.45) is 0 Å². The molecule has 3 aromatic heterocycles. The minimum atomic E-state index is -0.427. The van der Waals surface area contributed by atoms with Gasteiger partial charge >= 0.3 is 6.03 Å². The van der Waals surface area contributed by atoms with Crippen LogP contribution in [0.2, 0.25) is 0 Å². The first-order chi connectivity index (χ1) is 18.5. The zero-order chi connectivity index (χ0) is 26.2. The fraction of sp³-hybridized carbons (Fsp3) is 0.111. The highest BCUT2D eigenvalue weighted by molar-refractivity contribution is 7.21. The standard InChI is InChI=1S/C27H21N7O3S/c1-2-21(35)33-12-6-9-17(15-33)30-25(36)24-23-22-20(10-11-28-26(22)38-24)34(27(37)31-23)18-13-19(32-29-14-18)16-7-4-3-5-8-16/h2-5,7-11,13-14H,1,6,12,15H2,(H,30,36)(H,31,37). The Morgan fingerprint density at radius 2 is 2.03 bits per heavy atom. The summed E-state index contributed by atoms with van der Waals surface area (Å²) in [7, 11) is 0. The Morgan fingerprint density at radius 1 is 1.18 bits per heavy atom. The third-order valence-electron chi connectivity index (χ3n) is 6.33. The Bertz CT molecular complexity index is 1650. The normalized spacial score (nSPS) is 14.6. The van der Waals surface area contributed by atoms with Crippen LogP contribution in [-0.4, -0.2) is 51.0 Å². The van der Waals surface area contributed by atoms with Crippen LogP contribution in [0.4, 0.5) is 21.9 Å². The van der Waals surface area contributed by atoms with Crippen molar-refractivity contribution in [3.8, 4) is 11.3 Å². The molecule has 0 radical (unpaired) electrons. The molecular formula is C27H21N7O3S. The number of anilines is 3. The van der Waals surface area contributed by atoms with Gasteiger partial charge < -0.3 is 15.5 Å². The highest BCUT2D eigenvalue weighted by Crippen LogP contribution is 2.45. The molecule has 0 spiro atoms. The van der Waals surface area contributed by atoms with E-state index in [1.54, 1.807) is 23.2 Å². The van der Waals surface area contributed by atoms with Crippen molar-refractivity contribution < 1.29 is 14.4 Å². The van der Waals surface area contributed by atoms with Crippen LogP contribution in [0, 0.1) is 0 Å². The van der Waals surface area contributed by atoms with Gasteiger partial charge in [0, 0.05) is 24.0 Å². The Kier molecular flexibility index (Phi) is 5.89. The van der Waals surface area contributed by atoms with Gasteiger partial charge in [0.2, 0.25) is 5.91 Å². The number of carbonyl (C=O) groups excluding carboxylic acids is 3. The number of nitrogens with one attached hydrogen (secondary N) is 2. The lowest BCUT2D eigenvalue weighted by molar-refractivity contribution is -0.125. The number of rotatable bonds is 5. The second-order valence-electron chi connectivity index (χ2n) is 8.68. The van der Waals surface area contributed by atoms with Crippen LogP contribution >= 0.6 is 11.3 Å². The Labute approximate surface area is 221 Å². The van der Waals surface area contributed by atoms with Gasteiger partial charge in [-0.1, -0.05) is 43.0 Å². The first kappa shape index (κ1) is 23.5. The van der Waals surface area contributed by atoms with Crippen molar-refractivity contribution in [3.05, 3.63) is 84.2 Å². The minimum absolute atomic E-state index is 0.191. The SMILES string of the molecule is C=CC(=O)N1CCC=C(NC(=O)c2sc3nccc4c3c2NC(=O)N4c2cnnc(-c3ccccc3)c2)C1. The summed E-state index contributed by atoms with van der Waals surface area (Å²) in [5.74, 6) is -0.567. The molecule has 4 aromatic rings. The topological polar surface area (TPSA) is 120 Å². The summed E-state index contributed by atoms with van der Waals surface area (Å²) < 4.78 is 0. The highest BCUT2D eigenvalue weighted by Gasteiger charge is 2.33. The third kappa shape index (κ3) is 4.08. The lowest BCUT2D eigenvalue weighted by Gasteiger charge is -2.28. The first-order valence-electron chi connectivity index (χ1n) is 11.9. The summed E-state index contributed by atoms with van der Waals surface area (Å²) in [6, 6.07) is 12.7. The van der Waals surface area contributed by atoms with Gasteiger partial charge in [-0.15, -0.1) is 11.3 Å². The predicted octanol–water partition coefficient (Wildman–Crippen LogP) is 4.47. The van der Waals surface area contributed by atoms with E-state index in [0.717, 1.165) is 5.56 Å². The van der Waals surface area contributed by atoms with Gasteiger partial charge in [-0.25, -0.2) is 9.78 Å². The van der Waals surface area contributed by atoms with E-state index < -0.39 is 6.03 Å². The lowest BCUT2D eigenvalue weighted by atomic mass is 10.1. The molecule has 0 bridgehead atoms. The van der Waals surface area contributed by atoms with Crippen molar-refractivity contribution in [2.45, 2.75) is 6.42 Å². The second kappa shape index (κ2) is 9.52. The summed E-state index contributed by atoms with van der Waals surface area (Å²) in [6.07, 6.45) is 6.91. The molecule has 5 heterocycles. The Morgan fingerprint density at radius 3 is 2.84 bits per heavy atom. The maximum atomic E-state index is 13.4. The quantitative estimate of drug-likeness (QED) is 0.373. The van der Waals surface area contributed by atoms with E-state index in [4.69, 9.17) is 0 Å². The molecule has 10 nitrogen and oxygen atoms in total. The van der Waals surface area contributed by atoms with E-state index in [-0.39, 0.29) is 18.4 Å². The molecular weight excluding hydrogens is 502 g/mol. The van der Waals surface area contributed by atoms with Crippen LogP contribution in [0.1, 0.15) is 16.1 Å². The average Bonchev–Trinajstić information content (AvgIpc) is 3.33. The molecule has 2 aliphatic heterocycles. The second-order valence-corrected chi connectivity index (χ2v) is 9.68. The Balaban J connectivity index is 1.35. The predicted molar refractivity (Wildman–Crippen MR) is 145 cm³/mol. The molecule has 0 unspecified atom stereocenters. The summed E-state index contributed by atoms with van der Waals surface area (Å²) in [5.41, 5.74) is 3.66. The maximum absolute atomic E-state index is 13.4. The number of thiophene rings is 1. The molecule has 11 heteroatoms. The molecule has 38 heavy (non-hydrogen) atoms. The van der Waals surface area contributed by atoms with Gasteiger partial charge in [-0.05, 0) is 24.6 Å². The van der Waals surface area contributed by atoms with E-state index in [0.29, 0.717) is 56.5 Å². The average molecular weight is 524 g/mol. The van der Waals surface area contributed by atoms with E-state index in [9.17, 15) is 14.4 Å². The Hall–Kier alpha value is -4.90. The molecule has 188 valence electrons. The van der Waals surface area contributed by atoms with Crippen LogP contribution in [-0.2, 0) is 4.79 Å². The molecule has 4 amide bonds. The number of pyridine rings is 1. The number of amides is 4. The van der Waals surface area contributed by atoms with Crippen LogP contribution in [0.5, 0.6) is 0 Å². The number of benzene rings is 1.